The van der Waals surface area contributed by atoms with E-state index in [1.165, 1.54) is 0 Å². The van der Waals surface area contributed by atoms with Gasteiger partial charge >= 0.3 is 0 Å². The minimum atomic E-state index is 0.00616. The zero-order chi connectivity index (χ0) is 19.1. The van der Waals surface area contributed by atoms with Crippen LogP contribution < -0.4 is 16.0 Å². The molecule has 6 heteroatoms. The molecular formula is C21H25N5O. The number of anilines is 2. The molecule has 1 aromatic heterocycles. The van der Waals surface area contributed by atoms with Crippen LogP contribution in [0.4, 0.5) is 11.8 Å². The van der Waals surface area contributed by atoms with Gasteiger partial charge in [-0.3, -0.25) is 4.79 Å². The number of hydrogen-bond acceptors (Lipinski definition) is 5. The number of nitrogens with zero attached hydrogens (tertiary/aromatic N) is 2. The van der Waals surface area contributed by atoms with Crippen LogP contribution in [0.2, 0.25) is 0 Å². The van der Waals surface area contributed by atoms with Gasteiger partial charge in [0.2, 0.25) is 11.9 Å². The van der Waals surface area contributed by atoms with Crippen LogP contribution in [0.15, 0.2) is 48.5 Å². The standard InChI is InChI=1S/C21H25N5O/c1-3-22-19-13-15(2)25-21(26-19)24-12-11-23-20(27)14-17-9-6-8-16-7-4-5-10-18(16)17/h4-10,13H,3,11-12,14H2,1-2H3,(H,23,27)(H2,22,24,25,26). The number of nitrogens with one attached hydrogen (secondary N) is 3. The lowest BCUT2D eigenvalue weighted by Gasteiger charge is -2.10. The zero-order valence-electron chi connectivity index (χ0n) is 15.7. The van der Waals surface area contributed by atoms with Gasteiger partial charge in [-0.1, -0.05) is 42.5 Å². The molecule has 0 aliphatic rings. The Bertz CT molecular complexity index is 920. The highest BCUT2D eigenvalue weighted by atomic mass is 16.1. The van der Waals surface area contributed by atoms with Crippen molar-refractivity contribution in [1.29, 1.82) is 0 Å². The molecule has 1 heterocycles. The van der Waals surface area contributed by atoms with E-state index in [-0.39, 0.29) is 5.91 Å². The van der Waals surface area contributed by atoms with Crippen LogP contribution in [0.5, 0.6) is 0 Å². The monoisotopic (exact) mass is 363 g/mol. The summed E-state index contributed by atoms with van der Waals surface area (Å²) in [6.45, 7) is 5.84. The highest BCUT2D eigenvalue weighted by molar-refractivity contribution is 5.90. The molecule has 0 bridgehead atoms. The Morgan fingerprint density at radius 1 is 1.00 bits per heavy atom. The summed E-state index contributed by atoms with van der Waals surface area (Å²) in [5.41, 5.74) is 1.93. The predicted octanol–water partition coefficient (Wildman–Crippen LogP) is 3.14. The lowest BCUT2D eigenvalue weighted by Crippen LogP contribution is -2.30. The van der Waals surface area contributed by atoms with Gasteiger partial charge in [0.1, 0.15) is 5.82 Å². The third kappa shape index (κ3) is 5.17. The summed E-state index contributed by atoms with van der Waals surface area (Å²) in [7, 11) is 0. The quantitative estimate of drug-likeness (QED) is 0.536. The SMILES string of the molecule is CCNc1cc(C)nc(NCCNC(=O)Cc2cccc3ccccc23)n1. The second-order valence-electron chi connectivity index (χ2n) is 6.34. The Morgan fingerprint density at radius 2 is 1.81 bits per heavy atom. The molecular weight excluding hydrogens is 338 g/mol. The van der Waals surface area contributed by atoms with E-state index in [0.717, 1.165) is 34.4 Å². The topological polar surface area (TPSA) is 78.9 Å². The molecule has 0 aliphatic carbocycles. The average molecular weight is 363 g/mol. The Balaban J connectivity index is 1.50. The highest BCUT2D eigenvalue weighted by Gasteiger charge is 2.07. The fourth-order valence-electron chi connectivity index (χ4n) is 2.98. The van der Waals surface area contributed by atoms with E-state index in [0.29, 0.717) is 25.5 Å². The van der Waals surface area contributed by atoms with Gasteiger partial charge in [0, 0.05) is 31.4 Å². The zero-order valence-corrected chi connectivity index (χ0v) is 15.7. The molecule has 6 nitrogen and oxygen atoms in total. The summed E-state index contributed by atoms with van der Waals surface area (Å²) in [4.78, 5) is 21.0. The normalized spacial score (nSPS) is 10.6. The van der Waals surface area contributed by atoms with Crippen molar-refractivity contribution in [2.24, 2.45) is 0 Å². The van der Waals surface area contributed by atoms with Crippen molar-refractivity contribution in [3.8, 4) is 0 Å². The third-order valence-corrected chi connectivity index (χ3v) is 4.17. The molecule has 0 saturated carbocycles. The second kappa shape index (κ2) is 8.98. The number of hydrogen-bond donors (Lipinski definition) is 3. The van der Waals surface area contributed by atoms with E-state index in [1.54, 1.807) is 0 Å². The molecule has 0 atom stereocenters. The van der Waals surface area contributed by atoms with E-state index in [4.69, 9.17) is 0 Å². The molecule has 3 rings (SSSR count). The van der Waals surface area contributed by atoms with Gasteiger partial charge in [0.15, 0.2) is 0 Å². The fraction of sp³-hybridized carbons (Fsp3) is 0.286. The van der Waals surface area contributed by atoms with Crippen LogP contribution in [-0.4, -0.2) is 35.5 Å². The van der Waals surface area contributed by atoms with Gasteiger partial charge in [0.05, 0.1) is 6.42 Å². The molecule has 0 fully saturated rings. The first-order chi connectivity index (χ1) is 13.2. The van der Waals surface area contributed by atoms with E-state index < -0.39 is 0 Å². The number of aryl methyl sites for hydroxylation is 1. The van der Waals surface area contributed by atoms with E-state index in [2.05, 4.69) is 44.1 Å². The molecule has 0 spiro atoms. The molecule has 2 aromatic carbocycles. The van der Waals surface area contributed by atoms with Gasteiger partial charge in [-0.15, -0.1) is 0 Å². The van der Waals surface area contributed by atoms with Crippen molar-refractivity contribution < 1.29 is 4.79 Å². The van der Waals surface area contributed by atoms with Crippen LogP contribution in [0.25, 0.3) is 10.8 Å². The number of benzene rings is 2. The lowest BCUT2D eigenvalue weighted by molar-refractivity contribution is -0.120. The smallest absolute Gasteiger partial charge is 0.224 e. The molecule has 3 N–H and O–H groups in total. The number of fused-ring (bicyclic) bond motifs is 1. The molecule has 0 unspecified atom stereocenters. The molecule has 0 aliphatic heterocycles. The summed E-state index contributed by atoms with van der Waals surface area (Å²) in [6.07, 6.45) is 0.368. The first-order valence-corrected chi connectivity index (χ1v) is 9.22. The number of amides is 1. The minimum absolute atomic E-state index is 0.00616. The Labute approximate surface area is 159 Å². The van der Waals surface area contributed by atoms with Crippen LogP contribution in [0, 0.1) is 6.92 Å². The molecule has 27 heavy (non-hydrogen) atoms. The summed E-state index contributed by atoms with van der Waals surface area (Å²) in [5, 5.41) is 11.6. The highest BCUT2D eigenvalue weighted by Crippen LogP contribution is 2.18. The van der Waals surface area contributed by atoms with Crippen molar-refractivity contribution in [2.45, 2.75) is 20.3 Å². The number of aromatic nitrogens is 2. The molecule has 3 aromatic rings. The summed E-state index contributed by atoms with van der Waals surface area (Å²) in [6, 6.07) is 16.1. The average Bonchev–Trinajstić information content (AvgIpc) is 2.65. The second-order valence-corrected chi connectivity index (χ2v) is 6.34. The predicted molar refractivity (Wildman–Crippen MR) is 110 cm³/mol. The maximum absolute atomic E-state index is 12.3. The van der Waals surface area contributed by atoms with Crippen LogP contribution in [0.3, 0.4) is 0 Å². The van der Waals surface area contributed by atoms with Gasteiger partial charge in [-0.05, 0) is 30.2 Å². The minimum Gasteiger partial charge on any atom is -0.370 e. The van der Waals surface area contributed by atoms with E-state index in [1.807, 2.05) is 44.2 Å². The Morgan fingerprint density at radius 3 is 2.67 bits per heavy atom. The van der Waals surface area contributed by atoms with Crippen molar-refractivity contribution in [3.05, 3.63) is 59.8 Å². The van der Waals surface area contributed by atoms with Gasteiger partial charge in [-0.2, -0.15) is 4.98 Å². The maximum Gasteiger partial charge on any atom is 0.224 e. The third-order valence-electron chi connectivity index (χ3n) is 4.17. The maximum atomic E-state index is 12.3. The molecule has 1 amide bonds. The van der Waals surface area contributed by atoms with Crippen molar-refractivity contribution >= 4 is 28.4 Å². The first-order valence-electron chi connectivity index (χ1n) is 9.22. The largest absolute Gasteiger partial charge is 0.370 e. The van der Waals surface area contributed by atoms with Crippen molar-refractivity contribution in [3.63, 3.8) is 0 Å². The summed E-state index contributed by atoms with van der Waals surface area (Å²) >= 11 is 0. The summed E-state index contributed by atoms with van der Waals surface area (Å²) in [5.74, 6) is 1.37. The van der Waals surface area contributed by atoms with Gasteiger partial charge < -0.3 is 16.0 Å². The van der Waals surface area contributed by atoms with Crippen molar-refractivity contribution in [1.82, 2.24) is 15.3 Å². The number of carbonyl (C=O) groups excluding carboxylic acids is 1. The lowest BCUT2D eigenvalue weighted by atomic mass is 10.0. The Hall–Kier alpha value is -3.15. The van der Waals surface area contributed by atoms with Gasteiger partial charge in [-0.25, -0.2) is 4.98 Å². The van der Waals surface area contributed by atoms with E-state index in [9.17, 15) is 4.79 Å². The number of carbonyl (C=O) groups is 1. The Kier molecular flexibility index (Phi) is 6.20. The summed E-state index contributed by atoms with van der Waals surface area (Å²) < 4.78 is 0. The molecule has 0 radical (unpaired) electrons. The number of rotatable bonds is 8. The van der Waals surface area contributed by atoms with Crippen LogP contribution in [0.1, 0.15) is 18.2 Å². The first kappa shape index (κ1) is 18.6. The fourth-order valence-corrected chi connectivity index (χ4v) is 2.98. The molecule has 0 saturated heterocycles. The molecule has 140 valence electrons. The van der Waals surface area contributed by atoms with Gasteiger partial charge in [0.25, 0.3) is 0 Å². The van der Waals surface area contributed by atoms with Crippen LogP contribution in [-0.2, 0) is 11.2 Å². The van der Waals surface area contributed by atoms with E-state index >= 15 is 0 Å². The van der Waals surface area contributed by atoms with Crippen LogP contribution >= 0.6 is 0 Å². The van der Waals surface area contributed by atoms with Crippen molar-refractivity contribution in [2.75, 3.05) is 30.3 Å².